The van der Waals surface area contributed by atoms with Gasteiger partial charge in [-0.3, -0.25) is 4.68 Å². The van der Waals surface area contributed by atoms with Gasteiger partial charge in [0.2, 0.25) is 0 Å². The molecule has 0 bridgehead atoms. The van der Waals surface area contributed by atoms with Gasteiger partial charge in [-0.2, -0.15) is 5.10 Å². The van der Waals surface area contributed by atoms with Crippen molar-refractivity contribution in [3.05, 3.63) is 28.9 Å². The van der Waals surface area contributed by atoms with Crippen LogP contribution in [0, 0.1) is 6.92 Å². The van der Waals surface area contributed by atoms with Gasteiger partial charge >= 0.3 is 0 Å². The zero-order valence-electron chi connectivity index (χ0n) is 10.7. The van der Waals surface area contributed by atoms with E-state index in [2.05, 4.69) is 27.3 Å². The molecule has 2 heterocycles. The van der Waals surface area contributed by atoms with Gasteiger partial charge in [0.25, 0.3) is 0 Å². The summed E-state index contributed by atoms with van der Waals surface area (Å²) in [5.74, 6) is 0.757. The maximum atomic E-state index is 6.11. The lowest BCUT2D eigenvalue weighted by atomic mass is 10.2. The van der Waals surface area contributed by atoms with Crippen molar-refractivity contribution in [2.75, 3.05) is 5.32 Å². The number of nitrogens with one attached hydrogen (secondary N) is 1. The maximum Gasteiger partial charge on any atom is 0.138 e. The summed E-state index contributed by atoms with van der Waals surface area (Å²) >= 11 is 6.11. The van der Waals surface area contributed by atoms with Crippen LogP contribution in [-0.2, 0) is 13.5 Å². The highest BCUT2D eigenvalue weighted by atomic mass is 35.5. The molecule has 18 heavy (non-hydrogen) atoms. The summed E-state index contributed by atoms with van der Waals surface area (Å²) in [6, 6.07) is 0. The minimum absolute atomic E-state index is 0.510. The van der Waals surface area contributed by atoms with E-state index in [4.69, 9.17) is 11.6 Å². The molecule has 0 unspecified atom stereocenters. The van der Waals surface area contributed by atoms with Gasteiger partial charge in [0.15, 0.2) is 0 Å². The van der Waals surface area contributed by atoms with Crippen molar-refractivity contribution >= 4 is 23.1 Å². The van der Waals surface area contributed by atoms with Crippen LogP contribution < -0.4 is 5.32 Å². The summed E-state index contributed by atoms with van der Waals surface area (Å²) in [6.07, 6.45) is 5.23. The molecule has 2 aromatic heterocycles. The normalized spacial score (nSPS) is 10.7. The molecule has 0 aliphatic rings. The van der Waals surface area contributed by atoms with E-state index in [0.717, 1.165) is 35.6 Å². The number of aryl methyl sites for hydroxylation is 2. The fraction of sp³-hybridized carbons (Fsp3) is 0.417. The topological polar surface area (TPSA) is 55.6 Å². The smallest absolute Gasteiger partial charge is 0.138 e. The number of anilines is 2. The molecule has 1 N–H and O–H groups in total. The average Bonchev–Trinajstić information content (AvgIpc) is 2.62. The second kappa shape index (κ2) is 5.35. The van der Waals surface area contributed by atoms with Crippen LogP contribution in [0.5, 0.6) is 0 Å². The first kappa shape index (κ1) is 12.8. The van der Waals surface area contributed by atoms with Crippen LogP contribution in [0.15, 0.2) is 12.5 Å². The first-order chi connectivity index (χ1) is 8.61. The Morgan fingerprint density at radius 2 is 2.17 bits per heavy atom. The molecule has 0 aliphatic carbocycles. The number of nitrogens with zero attached hydrogens (tertiary/aromatic N) is 4. The van der Waals surface area contributed by atoms with Gasteiger partial charge in [-0.25, -0.2) is 9.97 Å². The van der Waals surface area contributed by atoms with Crippen molar-refractivity contribution in [3.63, 3.8) is 0 Å². The minimum atomic E-state index is 0.510. The third-order valence-corrected chi connectivity index (χ3v) is 2.99. The van der Waals surface area contributed by atoms with Gasteiger partial charge in [0.1, 0.15) is 17.3 Å². The molecular weight excluding hydrogens is 250 g/mol. The minimum Gasteiger partial charge on any atom is -0.337 e. The van der Waals surface area contributed by atoms with Crippen LogP contribution in [-0.4, -0.2) is 19.7 Å². The van der Waals surface area contributed by atoms with E-state index in [1.54, 1.807) is 4.68 Å². The molecule has 0 amide bonds. The summed E-state index contributed by atoms with van der Waals surface area (Å²) in [4.78, 5) is 8.28. The lowest BCUT2D eigenvalue weighted by Gasteiger charge is -2.10. The SMILES string of the molecule is CCCc1c(Cl)ncnc1Nc1cn(C)nc1C. The van der Waals surface area contributed by atoms with E-state index in [-0.39, 0.29) is 0 Å². The zero-order valence-corrected chi connectivity index (χ0v) is 11.5. The first-order valence-corrected chi connectivity index (χ1v) is 6.26. The van der Waals surface area contributed by atoms with Crippen LogP contribution in [0.25, 0.3) is 0 Å². The van der Waals surface area contributed by atoms with E-state index < -0.39 is 0 Å². The molecule has 0 aliphatic heterocycles. The van der Waals surface area contributed by atoms with E-state index in [1.807, 2.05) is 20.2 Å². The van der Waals surface area contributed by atoms with Gasteiger partial charge < -0.3 is 5.32 Å². The Balaban J connectivity index is 2.34. The molecule has 96 valence electrons. The summed E-state index contributed by atoms with van der Waals surface area (Å²) in [6.45, 7) is 4.05. The zero-order chi connectivity index (χ0) is 13.1. The molecule has 0 fully saturated rings. The van der Waals surface area contributed by atoms with E-state index in [0.29, 0.717) is 5.15 Å². The monoisotopic (exact) mass is 265 g/mol. The van der Waals surface area contributed by atoms with Crippen LogP contribution in [0.3, 0.4) is 0 Å². The second-order valence-electron chi connectivity index (χ2n) is 4.17. The summed E-state index contributed by atoms with van der Waals surface area (Å²) in [7, 11) is 1.89. The lowest BCUT2D eigenvalue weighted by molar-refractivity contribution is 0.756. The quantitative estimate of drug-likeness (QED) is 0.864. The summed E-state index contributed by atoms with van der Waals surface area (Å²) in [5, 5.41) is 8.06. The van der Waals surface area contributed by atoms with Crippen LogP contribution in [0.4, 0.5) is 11.5 Å². The molecule has 6 heteroatoms. The van der Waals surface area contributed by atoms with Crippen molar-refractivity contribution in [2.24, 2.45) is 7.05 Å². The maximum absolute atomic E-state index is 6.11. The largest absolute Gasteiger partial charge is 0.337 e. The molecule has 0 radical (unpaired) electrons. The number of rotatable bonds is 4. The molecule has 2 rings (SSSR count). The molecule has 5 nitrogen and oxygen atoms in total. The van der Waals surface area contributed by atoms with Crippen LogP contribution in [0.1, 0.15) is 24.6 Å². The molecule has 0 saturated heterocycles. The number of hydrogen-bond donors (Lipinski definition) is 1. The van der Waals surface area contributed by atoms with Gasteiger partial charge in [0.05, 0.1) is 11.4 Å². The summed E-state index contributed by atoms with van der Waals surface area (Å²) < 4.78 is 1.76. The highest BCUT2D eigenvalue weighted by Gasteiger charge is 2.11. The van der Waals surface area contributed by atoms with Crippen molar-refractivity contribution in [1.82, 2.24) is 19.7 Å². The van der Waals surface area contributed by atoms with Crippen LogP contribution >= 0.6 is 11.6 Å². The predicted octanol–water partition coefficient (Wildman–Crippen LogP) is 2.87. The van der Waals surface area contributed by atoms with Crippen molar-refractivity contribution < 1.29 is 0 Å². The van der Waals surface area contributed by atoms with Crippen molar-refractivity contribution in [3.8, 4) is 0 Å². The van der Waals surface area contributed by atoms with Crippen molar-refractivity contribution in [1.29, 1.82) is 0 Å². The Hall–Kier alpha value is -1.62. The highest BCUT2D eigenvalue weighted by molar-refractivity contribution is 6.30. The van der Waals surface area contributed by atoms with E-state index >= 15 is 0 Å². The van der Waals surface area contributed by atoms with Gasteiger partial charge in [0, 0.05) is 18.8 Å². The lowest BCUT2D eigenvalue weighted by Crippen LogP contribution is -2.01. The number of hydrogen-bond acceptors (Lipinski definition) is 4. The molecule has 0 spiro atoms. The second-order valence-corrected chi connectivity index (χ2v) is 4.53. The predicted molar refractivity (Wildman–Crippen MR) is 72.3 cm³/mol. The molecule has 0 atom stereocenters. The third-order valence-electron chi connectivity index (χ3n) is 2.66. The van der Waals surface area contributed by atoms with Gasteiger partial charge in [-0.05, 0) is 13.3 Å². The molecule has 0 aromatic carbocycles. The average molecular weight is 266 g/mol. The fourth-order valence-corrected chi connectivity index (χ4v) is 2.05. The fourth-order valence-electron chi connectivity index (χ4n) is 1.82. The molecular formula is C12H16ClN5. The van der Waals surface area contributed by atoms with E-state index in [9.17, 15) is 0 Å². The number of halogens is 1. The van der Waals surface area contributed by atoms with E-state index in [1.165, 1.54) is 6.33 Å². The Labute approximate surface area is 111 Å². The Morgan fingerprint density at radius 3 is 2.78 bits per heavy atom. The molecule has 0 saturated carbocycles. The van der Waals surface area contributed by atoms with Crippen molar-refractivity contribution in [2.45, 2.75) is 26.7 Å². The summed E-state index contributed by atoms with van der Waals surface area (Å²) in [5.41, 5.74) is 2.81. The van der Waals surface area contributed by atoms with Gasteiger partial charge in [-0.15, -0.1) is 0 Å². The standard InChI is InChI=1S/C12H16ClN5/c1-4-5-9-11(13)14-7-15-12(9)16-10-6-18(3)17-8(10)2/h6-7H,4-5H2,1-3H3,(H,14,15,16). The molecule has 2 aromatic rings. The Morgan fingerprint density at radius 1 is 1.39 bits per heavy atom. The van der Waals surface area contributed by atoms with Gasteiger partial charge in [-0.1, -0.05) is 24.9 Å². The van der Waals surface area contributed by atoms with Crippen LogP contribution in [0.2, 0.25) is 5.15 Å². The third kappa shape index (κ3) is 2.61. The Kier molecular flexibility index (Phi) is 3.81. The first-order valence-electron chi connectivity index (χ1n) is 5.88. The Bertz CT molecular complexity index is 549. The number of aromatic nitrogens is 4. The highest BCUT2D eigenvalue weighted by Crippen LogP contribution is 2.25.